The number of hydrogen-bond acceptors (Lipinski definition) is 3. The highest BCUT2D eigenvalue weighted by Gasteiger charge is 2.17. The number of rotatable bonds is 3. The van der Waals surface area contributed by atoms with Crippen molar-refractivity contribution in [2.45, 2.75) is 6.54 Å². The van der Waals surface area contributed by atoms with Crippen molar-refractivity contribution in [3.63, 3.8) is 0 Å². The van der Waals surface area contributed by atoms with Crippen LogP contribution in [0.3, 0.4) is 0 Å². The van der Waals surface area contributed by atoms with Crippen LogP contribution in [0.15, 0.2) is 51.7 Å². The predicted molar refractivity (Wildman–Crippen MR) is 88.7 cm³/mol. The van der Waals surface area contributed by atoms with E-state index in [1.165, 1.54) is 5.56 Å². The zero-order valence-corrected chi connectivity index (χ0v) is 13.3. The van der Waals surface area contributed by atoms with Gasteiger partial charge in [-0.15, -0.1) is 0 Å². The summed E-state index contributed by atoms with van der Waals surface area (Å²) < 4.78 is 1.11. The lowest BCUT2D eigenvalue weighted by Gasteiger charge is -2.35. The third-order valence-corrected chi connectivity index (χ3v) is 4.31. The van der Waals surface area contributed by atoms with Gasteiger partial charge in [-0.05, 0) is 23.8 Å². The highest BCUT2D eigenvalue weighted by molar-refractivity contribution is 9.10. The number of nitrogens with one attached hydrogen (secondary N) is 1. The average Bonchev–Trinajstić information content (AvgIpc) is 2.50. The minimum absolute atomic E-state index is 0.0372. The van der Waals surface area contributed by atoms with Crippen LogP contribution >= 0.6 is 15.9 Å². The number of piperazine rings is 1. The van der Waals surface area contributed by atoms with Gasteiger partial charge >= 0.3 is 0 Å². The summed E-state index contributed by atoms with van der Waals surface area (Å²) in [7, 11) is 0. The largest absolute Gasteiger partial charge is 0.356 e. The van der Waals surface area contributed by atoms with Crippen molar-refractivity contribution in [2.24, 2.45) is 0 Å². The number of hydrogen-bond donors (Lipinski definition) is 1. The fraction of sp³-hybridized carbons (Fsp3) is 0.312. The molecule has 0 saturated carbocycles. The van der Waals surface area contributed by atoms with Crippen molar-refractivity contribution < 1.29 is 0 Å². The van der Waals surface area contributed by atoms with Gasteiger partial charge in [0.1, 0.15) is 5.82 Å². The van der Waals surface area contributed by atoms with Crippen LogP contribution in [0.5, 0.6) is 0 Å². The number of aromatic amines is 1. The summed E-state index contributed by atoms with van der Waals surface area (Å²) in [5.74, 6) is 0.922. The summed E-state index contributed by atoms with van der Waals surface area (Å²) >= 11 is 3.46. The van der Waals surface area contributed by atoms with Gasteiger partial charge < -0.3 is 9.88 Å². The fourth-order valence-corrected chi connectivity index (χ4v) is 2.88. The molecule has 0 amide bonds. The molecule has 1 fully saturated rings. The van der Waals surface area contributed by atoms with Crippen LogP contribution in [-0.2, 0) is 6.54 Å². The Balaban J connectivity index is 1.57. The molecular formula is C16H18BrN3O. The molecule has 110 valence electrons. The van der Waals surface area contributed by atoms with E-state index in [1.807, 2.05) is 12.1 Å². The first kappa shape index (κ1) is 14.4. The number of anilines is 1. The molecule has 5 heteroatoms. The first-order valence-corrected chi connectivity index (χ1v) is 7.91. The topological polar surface area (TPSA) is 39.3 Å². The Hall–Kier alpha value is -1.59. The van der Waals surface area contributed by atoms with Crippen molar-refractivity contribution in [2.75, 3.05) is 31.1 Å². The summed E-state index contributed by atoms with van der Waals surface area (Å²) in [6.45, 7) is 4.87. The molecule has 1 saturated heterocycles. The maximum Gasteiger partial charge on any atom is 0.249 e. The van der Waals surface area contributed by atoms with E-state index in [0.29, 0.717) is 0 Å². The van der Waals surface area contributed by atoms with E-state index < -0.39 is 0 Å². The lowest BCUT2D eigenvalue weighted by Crippen LogP contribution is -2.46. The standard InChI is InChI=1S/C16H18BrN3O/c17-14-6-4-13(5-7-14)12-19-8-10-20(11-9-19)15-2-1-3-16(21)18-15/h1-7H,8-12H2,(H,18,21). The molecule has 0 unspecified atom stereocenters. The van der Waals surface area contributed by atoms with Crippen LogP contribution in [0, 0.1) is 0 Å². The van der Waals surface area contributed by atoms with Gasteiger partial charge in [0.05, 0.1) is 0 Å². The van der Waals surface area contributed by atoms with Gasteiger partial charge in [-0.2, -0.15) is 0 Å². The molecule has 1 aromatic heterocycles. The van der Waals surface area contributed by atoms with E-state index in [4.69, 9.17) is 0 Å². The summed E-state index contributed by atoms with van der Waals surface area (Å²) in [6, 6.07) is 13.8. The molecule has 1 aliphatic rings. The van der Waals surface area contributed by atoms with E-state index in [9.17, 15) is 4.79 Å². The quantitative estimate of drug-likeness (QED) is 0.926. The highest BCUT2D eigenvalue weighted by atomic mass is 79.9. The lowest BCUT2D eigenvalue weighted by atomic mass is 10.2. The SMILES string of the molecule is O=c1cccc(N2CCN(Cc3ccc(Br)cc3)CC2)[nH]1. The highest BCUT2D eigenvalue weighted by Crippen LogP contribution is 2.15. The Morgan fingerprint density at radius 3 is 2.38 bits per heavy atom. The van der Waals surface area contributed by atoms with Crippen LogP contribution < -0.4 is 10.5 Å². The second-order valence-corrected chi connectivity index (χ2v) is 6.21. The molecule has 2 heterocycles. The first-order chi connectivity index (χ1) is 10.2. The third kappa shape index (κ3) is 3.74. The maximum atomic E-state index is 11.4. The van der Waals surface area contributed by atoms with Gasteiger partial charge in [0.2, 0.25) is 5.56 Å². The van der Waals surface area contributed by atoms with Gasteiger partial charge in [-0.1, -0.05) is 34.1 Å². The molecule has 21 heavy (non-hydrogen) atoms. The van der Waals surface area contributed by atoms with Gasteiger partial charge in [0.25, 0.3) is 0 Å². The molecule has 1 aromatic carbocycles. The molecule has 0 bridgehead atoms. The minimum atomic E-state index is -0.0372. The Bertz CT molecular complexity index is 645. The van der Waals surface area contributed by atoms with Crippen molar-refractivity contribution in [3.05, 3.63) is 62.9 Å². The zero-order chi connectivity index (χ0) is 14.7. The van der Waals surface area contributed by atoms with Crippen LogP contribution in [-0.4, -0.2) is 36.1 Å². The van der Waals surface area contributed by atoms with E-state index in [0.717, 1.165) is 43.0 Å². The zero-order valence-electron chi connectivity index (χ0n) is 11.8. The Morgan fingerprint density at radius 2 is 1.71 bits per heavy atom. The molecule has 0 aliphatic carbocycles. The summed E-state index contributed by atoms with van der Waals surface area (Å²) in [5.41, 5.74) is 1.30. The third-order valence-electron chi connectivity index (χ3n) is 3.79. The van der Waals surface area contributed by atoms with E-state index in [-0.39, 0.29) is 5.56 Å². The number of nitrogens with zero attached hydrogens (tertiary/aromatic N) is 2. The molecule has 3 rings (SSSR count). The Morgan fingerprint density at radius 1 is 1.00 bits per heavy atom. The molecule has 0 radical (unpaired) electrons. The molecule has 4 nitrogen and oxygen atoms in total. The average molecular weight is 348 g/mol. The number of aromatic nitrogens is 1. The van der Waals surface area contributed by atoms with Crippen LogP contribution in [0.25, 0.3) is 0 Å². The normalized spacial score (nSPS) is 16.1. The van der Waals surface area contributed by atoms with Crippen LogP contribution in [0.4, 0.5) is 5.82 Å². The number of benzene rings is 1. The molecule has 1 N–H and O–H groups in total. The van der Waals surface area contributed by atoms with E-state index in [1.54, 1.807) is 6.07 Å². The first-order valence-electron chi connectivity index (χ1n) is 7.12. The lowest BCUT2D eigenvalue weighted by molar-refractivity contribution is 0.249. The number of H-pyrrole nitrogens is 1. The molecule has 2 aromatic rings. The van der Waals surface area contributed by atoms with Crippen LogP contribution in [0.2, 0.25) is 0 Å². The smallest absolute Gasteiger partial charge is 0.249 e. The summed E-state index contributed by atoms with van der Waals surface area (Å²) in [4.78, 5) is 18.9. The molecule has 0 spiro atoms. The summed E-state index contributed by atoms with van der Waals surface area (Å²) in [5, 5.41) is 0. The van der Waals surface area contributed by atoms with Crippen molar-refractivity contribution in [1.82, 2.24) is 9.88 Å². The Labute approximate surface area is 132 Å². The van der Waals surface area contributed by atoms with E-state index >= 15 is 0 Å². The second-order valence-electron chi connectivity index (χ2n) is 5.29. The van der Waals surface area contributed by atoms with Crippen molar-refractivity contribution in [1.29, 1.82) is 0 Å². The number of pyridine rings is 1. The predicted octanol–water partition coefficient (Wildman–Crippen LogP) is 2.46. The minimum Gasteiger partial charge on any atom is -0.356 e. The van der Waals surface area contributed by atoms with Gasteiger partial charge in [0, 0.05) is 43.3 Å². The van der Waals surface area contributed by atoms with Gasteiger partial charge in [0.15, 0.2) is 0 Å². The monoisotopic (exact) mass is 347 g/mol. The molecule has 0 atom stereocenters. The van der Waals surface area contributed by atoms with E-state index in [2.05, 4.69) is 55.0 Å². The molecular weight excluding hydrogens is 330 g/mol. The van der Waals surface area contributed by atoms with Crippen molar-refractivity contribution >= 4 is 21.7 Å². The number of halogens is 1. The fourth-order valence-electron chi connectivity index (χ4n) is 2.62. The van der Waals surface area contributed by atoms with Gasteiger partial charge in [-0.3, -0.25) is 9.69 Å². The van der Waals surface area contributed by atoms with Crippen molar-refractivity contribution in [3.8, 4) is 0 Å². The van der Waals surface area contributed by atoms with Crippen LogP contribution in [0.1, 0.15) is 5.56 Å². The van der Waals surface area contributed by atoms with Gasteiger partial charge in [-0.25, -0.2) is 0 Å². The Kier molecular flexibility index (Phi) is 4.41. The maximum absolute atomic E-state index is 11.4. The molecule has 1 aliphatic heterocycles. The second kappa shape index (κ2) is 6.45. The summed E-state index contributed by atoms with van der Waals surface area (Å²) in [6.07, 6.45) is 0.